The summed E-state index contributed by atoms with van der Waals surface area (Å²) in [5, 5.41) is 13.1. The van der Waals surface area contributed by atoms with Gasteiger partial charge in [-0.05, 0) is 104 Å². The molecule has 2 aliphatic rings. The molecule has 2 aliphatic carbocycles. The summed E-state index contributed by atoms with van der Waals surface area (Å²) in [5.41, 5.74) is 3.36. The summed E-state index contributed by atoms with van der Waals surface area (Å²) in [5.74, 6) is 0.110. The molecule has 1 heterocycles. The molecule has 5 rings (SSSR count). The van der Waals surface area contributed by atoms with Crippen LogP contribution in [0.1, 0.15) is 65.9 Å². The van der Waals surface area contributed by atoms with Crippen LogP contribution in [0.5, 0.6) is 0 Å². The molecular weight excluding hydrogens is 389 g/mol. The molecule has 1 spiro atoms. The summed E-state index contributed by atoms with van der Waals surface area (Å²) >= 11 is 0. The molecule has 0 radical (unpaired) electrons. The van der Waals surface area contributed by atoms with Gasteiger partial charge in [0.1, 0.15) is 5.82 Å². The molecule has 1 N–H and O–H groups in total. The fourth-order valence-electron chi connectivity index (χ4n) is 5.46. The van der Waals surface area contributed by atoms with E-state index < -0.39 is 0 Å². The number of fused-ring (bicyclic) bond motifs is 1. The number of benzene rings is 2. The topological polar surface area (TPSA) is 65.8 Å². The molecule has 2 fully saturated rings. The van der Waals surface area contributed by atoms with Crippen molar-refractivity contribution in [1.82, 2.24) is 10.3 Å². The van der Waals surface area contributed by atoms with E-state index in [-0.39, 0.29) is 23.2 Å². The molecule has 1 atom stereocenters. The van der Waals surface area contributed by atoms with Crippen LogP contribution in [-0.2, 0) is 0 Å². The number of halogens is 1. The van der Waals surface area contributed by atoms with Gasteiger partial charge >= 0.3 is 0 Å². The Morgan fingerprint density at radius 3 is 2.48 bits per heavy atom. The van der Waals surface area contributed by atoms with Gasteiger partial charge in [0.15, 0.2) is 0 Å². The van der Waals surface area contributed by atoms with Crippen LogP contribution in [0.25, 0.3) is 10.9 Å². The number of amides is 1. The highest BCUT2D eigenvalue weighted by Gasteiger charge is 2.49. The summed E-state index contributed by atoms with van der Waals surface area (Å²) in [4.78, 5) is 17.1. The third kappa shape index (κ3) is 3.57. The molecule has 1 aromatic heterocycles. The Morgan fingerprint density at radius 1 is 1.06 bits per heavy atom. The maximum absolute atomic E-state index is 13.8. The maximum Gasteiger partial charge on any atom is 0.251 e. The van der Waals surface area contributed by atoms with Gasteiger partial charge in [0.2, 0.25) is 0 Å². The molecule has 4 nitrogen and oxygen atoms in total. The van der Waals surface area contributed by atoms with Crippen LogP contribution in [0.4, 0.5) is 4.39 Å². The molecular formula is C26H24FN3O. The van der Waals surface area contributed by atoms with Gasteiger partial charge in [-0.1, -0.05) is 0 Å². The molecule has 0 bridgehead atoms. The van der Waals surface area contributed by atoms with E-state index in [1.54, 1.807) is 36.4 Å². The van der Waals surface area contributed by atoms with Gasteiger partial charge in [-0.3, -0.25) is 9.78 Å². The van der Waals surface area contributed by atoms with Crippen LogP contribution >= 0.6 is 0 Å². The summed E-state index contributed by atoms with van der Waals surface area (Å²) in [6, 6.07) is 15.9. The number of aromatic nitrogens is 1. The average molecular weight is 413 g/mol. The zero-order valence-corrected chi connectivity index (χ0v) is 17.3. The molecule has 156 valence electrons. The zero-order chi connectivity index (χ0) is 21.4. The van der Waals surface area contributed by atoms with E-state index in [9.17, 15) is 9.18 Å². The Kier molecular flexibility index (Phi) is 4.94. The highest BCUT2D eigenvalue weighted by atomic mass is 19.1. The summed E-state index contributed by atoms with van der Waals surface area (Å²) in [7, 11) is 0. The van der Waals surface area contributed by atoms with Crippen molar-refractivity contribution in [3.8, 4) is 6.07 Å². The molecule has 1 amide bonds. The van der Waals surface area contributed by atoms with Gasteiger partial charge in [-0.2, -0.15) is 5.26 Å². The summed E-state index contributed by atoms with van der Waals surface area (Å²) in [6.45, 7) is 0. The molecule has 0 aliphatic heterocycles. The fraction of sp³-hybridized carbons (Fsp3) is 0.346. The van der Waals surface area contributed by atoms with Crippen molar-refractivity contribution < 1.29 is 9.18 Å². The van der Waals surface area contributed by atoms with Crippen molar-refractivity contribution in [2.24, 2.45) is 5.41 Å². The van der Waals surface area contributed by atoms with Crippen LogP contribution in [0, 0.1) is 22.6 Å². The third-order valence-corrected chi connectivity index (χ3v) is 7.41. The van der Waals surface area contributed by atoms with E-state index in [4.69, 9.17) is 5.26 Å². The number of nitrogens with one attached hydrogen (secondary N) is 1. The monoisotopic (exact) mass is 413 g/mol. The lowest BCUT2D eigenvalue weighted by molar-refractivity contribution is 0.0173. The first-order valence-electron chi connectivity index (χ1n) is 10.9. The van der Waals surface area contributed by atoms with Gasteiger partial charge in [-0.15, -0.1) is 0 Å². The van der Waals surface area contributed by atoms with E-state index in [0.717, 1.165) is 49.4 Å². The smallest absolute Gasteiger partial charge is 0.251 e. The predicted molar refractivity (Wildman–Crippen MR) is 117 cm³/mol. The molecule has 31 heavy (non-hydrogen) atoms. The SMILES string of the molecule is N#Cc1ccc(C(=O)N[C@H]2CCC23CCC(c2ccnc4ccc(F)cc24)CC3)cc1. The molecule has 0 unspecified atom stereocenters. The number of nitriles is 1. The first-order valence-corrected chi connectivity index (χ1v) is 10.9. The van der Waals surface area contributed by atoms with Crippen molar-refractivity contribution in [2.75, 3.05) is 0 Å². The van der Waals surface area contributed by atoms with E-state index in [2.05, 4.69) is 16.4 Å². The second-order valence-electron chi connectivity index (χ2n) is 8.95. The normalized spacial score (nSPS) is 25.0. The van der Waals surface area contributed by atoms with E-state index in [1.165, 1.54) is 11.6 Å². The van der Waals surface area contributed by atoms with Crippen LogP contribution in [-0.4, -0.2) is 16.9 Å². The van der Waals surface area contributed by atoms with Crippen molar-refractivity contribution in [2.45, 2.75) is 50.5 Å². The van der Waals surface area contributed by atoms with E-state index in [0.29, 0.717) is 17.0 Å². The minimum atomic E-state index is -0.224. The fourth-order valence-corrected chi connectivity index (χ4v) is 5.46. The number of rotatable bonds is 3. The lowest BCUT2D eigenvalue weighted by atomic mass is 9.55. The van der Waals surface area contributed by atoms with Gasteiger partial charge in [0.25, 0.3) is 5.91 Å². The number of nitrogens with zero attached hydrogens (tertiary/aromatic N) is 2. The zero-order valence-electron chi connectivity index (χ0n) is 17.3. The predicted octanol–water partition coefficient (Wildman–Crippen LogP) is 5.48. The van der Waals surface area contributed by atoms with Gasteiger partial charge in [-0.25, -0.2) is 4.39 Å². The number of pyridine rings is 1. The van der Waals surface area contributed by atoms with Crippen LogP contribution in [0.15, 0.2) is 54.7 Å². The van der Waals surface area contributed by atoms with Crippen molar-refractivity contribution in [3.05, 3.63) is 77.2 Å². The highest BCUT2D eigenvalue weighted by molar-refractivity contribution is 5.94. The lowest BCUT2D eigenvalue weighted by Gasteiger charge is -2.53. The average Bonchev–Trinajstić information content (AvgIpc) is 2.81. The first kappa shape index (κ1) is 19.7. The van der Waals surface area contributed by atoms with Crippen LogP contribution in [0.2, 0.25) is 0 Å². The Labute approximate surface area is 181 Å². The third-order valence-electron chi connectivity index (χ3n) is 7.41. The molecule has 3 aromatic rings. The van der Waals surface area contributed by atoms with Gasteiger partial charge in [0.05, 0.1) is 17.1 Å². The summed E-state index contributed by atoms with van der Waals surface area (Å²) < 4.78 is 13.8. The molecule has 5 heteroatoms. The number of carbonyl (C=O) groups is 1. The maximum atomic E-state index is 13.8. The van der Waals surface area contributed by atoms with Gasteiger partial charge in [0, 0.05) is 23.2 Å². The highest BCUT2D eigenvalue weighted by Crippen LogP contribution is 2.55. The van der Waals surface area contributed by atoms with Crippen LogP contribution < -0.4 is 5.32 Å². The Balaban J connectivity index is 1.27. The molecule has 2 aromatic carbocycles. The Bertz CT molecular complexity index is 1170. The van der Waals surface area contributed by atoms with E-state index >= 15 is 0 Å². The quantitative estimate of drug-likeness (QED) is 0.618. The number of hydrogen-bond acceptors (Lipinski definition) is 3. The van der Waals surface area contributed by atoms with Crippen LogP contribution in [0.3, 0.4) is 0 Å². The van der Waals surface area contributed by atoms with Crippen molar-refractivity contribution >= 4 is 16.8 Å². The van der Waals surface area contributed by atoms with Crippen molar-refractivity contribution in [1.29, 1.82) is 5.26 Å². The second-order valence-corrected chi connectivity index (χ2v) is 8.95. The Hall–Kier alpha value is -3.26. The van der Waals surface area contributed by atoms with Gasteiger partial charge < -0.3 is 5.32 Å². The lowest BCUT2D eigenvalue weighted by Crippen LogP contribution is -2.56. The second kappa shape index (κ2) is 7.77. The number of hydrogen-bond donors (Lipinski definition) is 1. The van der Waals surface area contributed by atoms with Crippen molar-refractivity contribution in [3.63, 3.8) is 0 Å². The molecule has 0 saturated heterocycles. The minimum Gasteiger partial charge on any atom is -0.349 e. The standard InChI is InChI=1S/C26H24FN3O/c27-20-5-6-23-22(15-20)21(10-14-29-23)18-7-11-26(12-8-18)13-9-24(26)30-25(31)19-3-1-17(16-28)2-4-19/h1-6,10,14-15,18,24H,7-9,11-13H2,(H,30,31)/t18?,24-,26?/m0/s1. The first-order chi connectivity index (χ1) is 15.1. The largest absolute Gasteiger partial charge is 0.349 e. The Morgan fingerprint density at radius 2 is 1.81 bits per heavy atom. The minimum absolute atomic E-state index is 0.0636. The summed E-state index contributed by atoms with van der Waals surface area (Å²) in [6.07, 6.45) is 8.19. The number of carbonyl (C=O) groups excluding carboxylic acids is 1. The molecule has 2 saturated carbocycles. The van der Waals surface area contributed by atoms with E-state index in [1.807, 2.05) is 12.3 Å².